The number of amides is 1. The second-order valence-corrected chi connectivity index (χ2v) is 9.33. The normalized spacial score (nSPS) is 26.3. The molecule has 142 valence electrons. The van der Waals surface area contributed by atoms with Crippen molar-refractivity contribution in [2.75, 3.05) is 6.26 Å². The number of hydrogen-bond acceptors (Lipinski definition) is 5. The molecule has 1 spiro atoms. The largest absolute Gasteiger partial charge is 0.384 e. The van der Waals surface area contributed by atoms with E-state index in [4.69, 9.17) is 4.18 Å². The Hall–Kier alpha value is -1.89. The van der Waals surface area contributed by atoms with Crippen molar-refractivity contribution in [2.45, 2.75) is 58.9 Å². The van der Waals surface area contributed by atoms with Gasteiger partial charge in [0.15, 0.2) is 5.76 Å². The minimum Gasteiger partial charge on any atom is -0.384 e. The first-order chi connectivity index (χ1) is 12.0. The smallest absolute Gasteiger partial charge is 0.306 e. The van der Waals surface area contributed by atoms with Gasteiger partial charge in [0.05, 0.1) is 11.8 Å². The summed E-state index contributed by atoms with van der Waals surface area (Å²) in [5.74, 6) is 0.509. The summed E-state index contributed by atoms with van der Waals surface area (Å²) in [6.45, 7) is 7.80. The van der Waals surface area contributed by atoms with Gasteiger partial charge in [0.2, 0.25) is 0 Å². The summed E-state index contributed by atoms with van der Waals surface area (Å²) in [6.07, 6.45) is 4.19. The third kappa shape index (κ3) is 3.37. The van der Waals surface area contributed by atoms with Gasteiger partial charge in [0.1, 0.15) is 5.54 Å². The standard InChI is InChI=1S/C19H26N2O4S/c1-11-6-8-19(9-7-11)17(25-26(5,23)24)16(18(22)21-19)15-12(2)10-13(3)20-14(15)4/h10-11H,6-9H2,1-5H3,(H,21,22). The van der Waals surface area contributed by atoms with Crippen LogP contribution in [0.3, 0.4) is 0 Å². The molecule has 6 nitrogen and oxygen atoms in total. The van der Waals surface area contributed by atoms with Crippen molar-refractivity contribution < 1.29 is 17.4 Å². The van der Waals surface area contributed by atoms with E-state index in [2.05, 4.69) is 17.2 Å². The molecule has 0 saturated heterocycles. The van der Waals surface area contributed by atoms with Crippen LogP contribution in [0.25, 0.3) is 5.57 Å². The third-order valence-corrected chi connectivity index (χ3v) is 5.85. The van der Waals surface area contributed by atoms with Crippen LogP contribution in [0.2, 0.25) is 0 Å². The number of nitrogens with one attached hydrogen (secondary N) is 1. The Morgan fingerprint density at radius 2 is 1.85 bits per heavy atom. The third-order valence-electron chi connectivity index (χ3n) is 5.38. The Bertz CT molecular complexity index is 871. The molecule has 1 aromatic rings. The van der Waals surface area contributed by atoms with Gasteiger partial charge in [-0.2, -0.15) is 8.42 Å². The predicted octanol–water partition coefficient (Wildman–Crippen LogP) is 2.77. The second-order valence-electron chi connectivity index (χ2n) is 7.75. The van der Waals surface area contributed by atoms with E-state index in [9.17, 15) is 13.2 Å². The van der Waals surface area contributed by atoms with E-state index in [1.54, 1.807) is 0 Å². The van der Waals surface area contributed by atoms with E-state index < -0.39 is 15.7 Å². The minimum absolute atomic E-state index is 0.244. The molecule has 0 bridgehead atoms. The molecule has 26 heavy (non-hydrogen) atoms. The molecule has 1 N–H and O–H groups in total. The lowest BCUT2D eigenvalue weighted by Gasteiger charge is -2.37. The number of hydrogen-bond donors (Lipinski definition) is 1. The highest BCUT2D eigenvalue weighted by Crippen LogP contribution is 2.45. The van der Waals surface area contributed by atoms with Gasteiger partial charge in [-0.15, -0.1) is 0 Å². The van der Waals surface area contributed by atoms with Crippen LogP contribution in [0, 0.1) is 26.7 Å². The molecule has 2 aliphatic rings. The molecule has 1 saturated carbocycles. The van der Waals surface area contributed by atoms with E-state index in [0.717, 1.165) is 30.4 Å². The molecular formula is C19H26N2O4S. The van der Waals surface area contributed by atoms with Crippen LogP contribution in [0.5, 0.6) is 0 Å². The molecule has 0 aromatic carbocycles. The van der Waals surface area contributed by atoms with E-state index >= 15 is 0 Å². The van der Waals surface area contributed by atoms with Gasteiger partial charge in [-0.05, 0) is 64.0 Å². The van der Waals surface area contributed by atoms with Crippen LogP contribution >= 0.6 is 0 Å². The maximum atomic E-state index is 12.9. The van der Waals surface area contributed by atoms with E-state index in [0.29, 0.717) is 35.6 Å². The van der Waals surface area contributed by atoms with Crippen LogP contribution in [-0.2, 0) is 19.1 Å². The number of aromatic nitrogens is 1. The van der Waals surface area contributed by atoms with Gasteiger partial charge in [-0.1, -0.05) is 6.92 Å². The summed E-state index contributed by atoms with van der Waals surface area (Å²) in [5.41, 5.74) is 2.68. The number of carbonyl (C=O) groups is 1. The molecule has 1 aromatic heterocycles. The molecular weight excluding hydrogens is 352 g/mol. The molecule has 1 aliphatic carbocycles. The Morgan fingerprint density at radius 3 is 2.38 bits per heavy atom. The van der Waals surface area contributed by atoms with Crippen molar-refractivity contribution in [3.05, 3.63) is 34.3 Å². The molecule has 3 rings (SSSR count). The van der Waals surface area contributed by atoms with Gasteiger partial charge >= 0.3 is 10.1 Å². The summed E-state index contributed by atoms with van der Waals surface area (Å²) < 4.78 is 29.4. The summed E-state index contributed by atoms with van der Waals surface area (Å²) in [6, 6.07) is 1.90. The molecule has 7 heteroatoms. The molecule has 1 aliphatic heterocycles. The Morgan fingerprint density at radius 1 is 1.23 bits per heavy atom. The zero-order valence-electron chi connectivity index (χ0n) is 16.0. The highest BCUT2D eigenvalue weighted by Gasteiger charge is 2.50. The fourth-order valence-electron chi connectivity index (χ4n) is 4.19. The van der Waals surface area contributed by atoms with Gasteiger partial charge in [0.25, 0.3) is 5.91 Å². The topological polar surface area (TPSA) is 85.4 Å². The molecule has 0 atom stereocenters. The fourth-order valence-corrected chi connectivity index (χ4v) is 4.73. The Labute approximate surface area is 155 Å². The summed E-state index contributed by atoms with van der Waals surface area (Å²) in [5, 5.41) is 3.05. The predicted molar refractivity (Wildman–Crippen MR) is 99.8 cm³/mol. The van der Waals surface area contributed by atoms with E-state index in [-0.39, 0.29) is 11.7 Å². The molecule has 0 radical (unpaired) electrons. The van der Waals surface area contributed by atoms with Crippen LogP contribution < -0.4 is 5.32 Å². The van der Waals surface area contributed by atoms with Crippen LogP contribution in [0.15, 0.2) is 11.8 Å². The van der Waals surface area contributed by atoms with Crippen molar-refractivity contribution in [3.63, 3.8) is 0 Å². The van der Waals surface area contributed by atoms with Crippen LogP contribution in [0.4, 0.5) is 0 Å². The summed E-state index contributed by atoms with van der Waals surface area (Å²) in [7, 11) is -3.77. The lowest BCUT2D eigenvalue weighted by atomic mass is 9.76. The average Bonchev–Trinajstić information content (AvgIpc) is 2.73. The monoisotopic (exact) mass is 378 g/mol. The van der Waals surface area contributed by atoms with Gasteiger partial charge in [-0.3, -0.25) is 9.78 Å². The van der Waals surface area contributed by atoms with Crippen molar-refractivity contribution >= 4 is 21.6 Å². The fraction of sp³-hybridized carbons (Fsp3) is 0.579. The summed E-state index contributed by atoms with van der Waals surface area (Å²) >= 11 is 0. The Kier molecular flexibility index (Phi) is 4.63. The van der Waals surface area contributed by atoms with Crippen LogP contribution in [0.1, 0.15) is 55.1 Å². The zero-order chi connectivity index (χ0) is 19.3. The average molecular weight is 378 g/mol. The summed E-state index contributed by atoms with van der Waals surface area (Å²) in [4.78, 5) is 17.4. The molecule has 1 fully saturated rings. The molecule has 0 unspecified atom stereocenters. The van der Waals surface area contributed by atoms with E-state index in [1.807, 2.05) is 26.8 Å². The lowest BCUT2D eigenvalue weighted by Crippen LogP contribution is -2.47. The number of pyridine rings is 1. The number of carbonyl (C=O) groups excluding carboxylic acids is 1. The minimum atomic E-state index is -3.77. The highest BCUT2D eigenvalue weighted by atomic mass is 32.2. The van der Waals surface area contributed by atoms with Crippen molar-refractivity contribution in [2.24, 2.45) is 5.92 Å². The zero-order valence-corrected chi connectivity index (χ0v) is 16.8. The second kappa shape index (κ2) is 6.37. The van der Waals surface area contributed by atoms with Crippen molar-refractivity contribution in [1.29, 1.82) is 0 Å². The quantitative estimate of drug-likeness (QED) is 0.818. The number of aryl methyl sites for hydroxylation is 3. The maximum absolute atomic E-state index is 12.9. The van der Waals surface area contributed by atoms with Gasteiger partial charge in [-0.25, -0.2) is 0 Å². The van der Waals surface area contributed by atoms with Crippen molar-refractivity contribution in [1.82, 2.24) is 10.3 Å². The van der Waals surface area contributed by atoms with E-state index in [1.165, 1.54) is 0 Å². The first kappa shape index (κ1) is 18.9. The SMILES string of the molecule is Cc1cc(C)c(C2=C(OS(C)(=O)=O)C3(CCC(C)CC3)NC2=O)c(C)n1. The molecule has 1 amide bonds. The maximum Gasteiger partial charge on any atom is 0.306 e. The first-order valence-corrected chi connectivity index (χ1v) is 10.8. The first-order valence-electron chi connectivity index (χ1n) is 8.94. The molecule has 2 heterocycles. The van der Waals surface area contributed by atoms with Gasteiger partial charge in [0, 0.05) is 17.0 Å². The van der Waals surface area contributed by atoms with Crippen LogP contribution in [-0.4, -0.2) is 31.1 Å². The Balaban J connectivity index is 2.23. The van der Waals surface area contributed by atoms with Gasteiger partial charge < -0.3 is 9.50 Å². The highest BCUT2D eigenvalue weighted by molar-refractivity contribution is 7.86. The number of nitrogens with zero attached hydrogens (tertiary/aromatic N) is 1. The number of rotatable bonds is 3. The van der Waals surface area contributed by atoms with Crippen molar-refractivity contribution in [3.8, 4) is 0 Å². The lowest BCUT2D eigenvalue weighted by molar-refractivity contribution is -0.116.